The lowest BCUT2D eigenvalue weighted by Crippen LogP contribution is -2.53. The van der Waals surface area contributed by atoms with Crippen LogP contribution in [-0.4, -0.2) is 34.8 Å². The molecule has 0 N–H and O–H groups in total. The number of ketones is 2. The number of rotatable bonds is 1. The summed E-state index contributed by atoms with van der Waals surface area (Å²) < 4.78 is 0. The largest absolute Gasteiger partial charge is 0.298 e. The average molecular weight is 379 g/mol. The van der Waals surface area contributed by atoms with Gasteiger partial charge in [0.05, 0.1) is 0 Å². The van der Waals surface area contributed by atoms with Gasteiger partial charge in [-0.15, -0.1) is 5.92 Å². The molecule has 2 amide bonds. The maximum Gasteiger partial charge on any atom is 0.229 e. The lowest BCUT2D eigenvalue weighted by atomic mass is 9.63. The third-order valence-electron chi connectivity index (χ3n) is 5.94. The minimum Gasteiger partial charge on any atom is -0.298 e. The molecule has 5 heteroatoms. The van der Waals surface area contributed by atoms with Crippen molar-refractivity contribution < 1.29 is 19.2 Å². The number of imide groups is 1. The fraction of sp³-hybridized carbons (Fsp3) is 0.478. The van der Waals surface area contributed by atoms with E-state index >= 15 is 0 Å². The molecule has 3 rings (SSSR count). The Bertz CT molecular complexity index is 906. The summed E-state index contributed by atoms with van der Waals surface area (Å²) in [5.41, 5.74) is 2.83. The van der Waals surface area contributed by atoms with Crippen LogP contribution in [0.3, 0.4) is 0 Å². The SMILES string of the molecule is CC#Cc1cc(C)c(C2C(=O)CC3(CCC(=O)N(C(C)=O)C3)CC2=O)c(C)c1. The van der Waals surface area contributed by atoms with Crippen LogP contribution >= 0.6 is 0 Å². The first-order valence-corrected chi connectivity index (χ1v) is 9.58. The molecule has 5 nitrogen and oxygen atoms in total. The summed E-state index contributed by atoms with van der Waals surface area (Å²) in [4.78, 5) is 51.2. The van der Waals surface area contributed by atoms with E-state index in [4.69, 9.17) is 0 Å². The molecule has 1 aromatic rings. The van der Waals surface area contributed by atoms with Gasteiger partial charge >= 0.3 is 0 Å². The zero-order chi connectivity index (χ0) is 20.6. The Morgan fingerprint density at radius 3 is 2.18 bits per heavy atom. The number of benzene rings is 1. The second-order valence-electron chi connectivity index (χ2n) is 8.12. The van der Waals surface area contributed by atoms with E-state index in [9.17, 15) is 19.2 Å². The van der Waals surface area contributed by atoms with Crippen molar-refractivity contribution in [2.45, 2.75) is 59.3 Å². The van der Waals surface area contributed by atoms with Crippen molar-refractivity contribution in [1.82, 2.24) is 4.90 Å². The minimum absolute atomic E-state index is 0.116. The first-order valence-electron chi connectivity index (χ1n) is 9.58. The van der Waals surface area contributed by atoms with Crippen molar-refractivity contribution in [3.63, 3.8) is 0 Å². The van der Waals surface area contributed by atoms with E-state index in [1.807, 2.05) is 26.0 Å². The van der Waals surface area contributed by atoms with Crippen molar-refractivity contribution in [2.24, 2.45) is 5.41 Å². The number of carbonyl (C=O) groups excluding carboxylic acids is 4. The molecule has 1 spiro atoms. The molecule has 1 aromatic carbocycles. The monoisotopic (exact) mass is 379 g/mol. The third kappa shape index (κ3) is 3.52. The predicted molar refractivity (Wildman–Crippen MR) is 105 cm³/mol. The predicted octanol–water partition coefficient (Wildman–Crippen LogP) is 2.85. The van der Waals surface area contributed by atoms with Crippen LogP contribution in [0.25, 0.3) is 0 Å². The van der Waals surface area contributed by atoms with Gasteiger partial charge in [-0.05, 0) is 56.0 Å². The Balaban J connectivity index is 1.92. The minimum atomic E-state index is -0.766. The average Bonchev–Trinajstić information content (AvgIpc) is 2.59. The number of amides is 2. The number of aryl methyl sites for hydroxylation is 2. The van der Waals surface area contributed by atoms with Gasteiger partial charge in [0.15, 0.2) is 0 Å². The molecule has 1 aliphatic carbocycles. The summed E-state index contributed by atoms with van der Waals surface area (Å²) in [7, 11) is 0. The van der Waals surface area contributed by atoms with Crippen LogP contribution in [0, 0.1) is 31.1 Å². The van der Waals surface area contributed by atoms with Crippen LogP contribution in [0.15, 0.2) is 12.1 Å². The van der Waals surface area contributed by atoms with E-state index in [-0.39, 0.29) is 49.2 Å². The van der Waals surface area contributed by atoms with E-state index in [1.165, 1.54) is 11.8 Å². The summed E-state index contributed by atoms with van der Waals surface area (Å²) in [6, 6.07) is 3.83. The normalized spacial score (nSPS) is 24.9. The number of nitrogens with zero attached hydrogens (tertiary/aromatic N) is 1. The Morgan fingerprint density at radius 2 is 1.68 bits per heavy atom. The van der Waals surface area contributed by atoms with E-state index in [0.29, 0.717) is 6.42 Å². The van der Waals surface area contributed by atoms with Crippen molar-refractivity contribution >= 4 is 23.4 Å². The van der Waals surface area contributed by atoms with Crippen molar-refractivity contribution in [1.29, 1.82) is 0 Å². The molecule has 1 aliphatic heterocycles. The molecule has 146 valence electrons. The Morgan fingerprint density at radius 1 is 1.11 bits per heavy atom. The van der Waals surface area contributed by atoms with Gasteiger partial charge < -0.3 is 0 Å². The zero-order valence-electron chi connectivity index (χ0n) is 16.8. The highest BCUT2D eigenvalue weighted by atomic mass is 16.2. The molecular formula is C23H25NO4. The lowest BCUT2D eigenvalue weighted by molar-refractivity contribution is -0.154. The molecule has 0 unspecified atom stereocenters. The standard InChI is InChI=1S/C23H25NO4/c1-5-6-17-9-14(2)21(15(3)10-17)22-18(26)11-23(12-19(22)27)8-7-20(28)24(13-23)16(4)25/h9-10,22H,7-8,11-13H2,1-4H3. The Hall–Kier alpha value is -2.74. The van der Waals surface area contributed by atoms with Gasteiger partial charge in [0.2, 0.25) is 11.8 Å². The van der Waals surface area contributed by atoms with Crippen LogP contribution < -0.4 is 0 Å². The number of hydrogen-bond acceptors (Lipinski definition) is 4. The molecule has 0 atom stereocenters. The number of carbonyl (C=O) groups is 4. The van der Waals surface area contributed by atoms with Crippen LogP contribution in [0.4, 0.5) is 0 Å². The van der Waals surface area contributed by atoms with Crippen molar-refractivity contribution in [2.75, 3.05) is 6.54 Å². The van der Waals surface area contributed by atoms with Crippen LogP contribution in [0.1, 0.15) is 67.7 Å². The molecule has 1 heterocycles. The molecule has 0 radical (unpaired) electrons. The van der Waals surface area contributed by atoms with Crippen molar-refractivity contribution in [3.8, 4) is 11.8 Å². The molecule has 0 bridgehead atoms. The second-order valence-corrected chi connectivity index (χ2v) is 8.12. The summed E-state index contributed by atoms with van der Waals surface area (Å²) >= 11 is 0. The molecule has 1 saturated carbocycles. The Kier molecular flexibility index (Phi) is 5.25. The fourth-order valence-electron chi connectivity index (χ4n) is 4.74. The smallest absolute Gasteiger partial charge is 0.229 e. The topological polar surface area (TPSA) is 71.5 Å². The molecule has 2 aliphatic rings. The number of piperidine rings is 1. The summed E-state index contributed by atoms with van der Waals surface area (Å²) in [5, 5.41) is 0. The van der Waals surface area contributed by atoms with E-state index in [1.54, 1.807) is 6.92 Å². The highest BCUT2D eigenvalue weighted by Gasteiger charge is 2.49. The van der Waals surface area contributed by atoms with Gasteiger partial charge in [-0.25, -0.2) is 0 Å². The second kappa shape index (κ2) is 7.35. The van der Waals surface area contributed by atoms with Gasteiger partial charge in [-0.3, -0.25) is 24.1 Å². The number of Topliss-reactive ketones (excluding diaryl/α,β-unsaturated/α-hetero) is 2. The van der Waals surface area contributed by atoms with Gasteiger partial charge in [0.25, 0.3) is 0 Å². The molecular weight excluding hydrogens is 354 g/mol. The van der Waals surface area contributed by atoms with Crippen LogP contribution in [-0.2, 0) is 19.2 Å². The molecule has 28 heavy (non-hydrogen) atoms. The van der Waals surface area contributed by atoms with E-state index < -0.39 is 11.3 Å². The molecule has 0 aromatic heterocycles. The highest BCUT2D eigenvalue weighted by molar-refractivity contribution is 6.11. The van der Waals surface area contributed by atoms with E-state index in [2.05, 4.69) is 11.8 Å². The zero-order valence-corrected chi connectivity index (χ0v) is 16.8. The van der Waals surface area contributed by atoms with Gasteiger partial charge in [-0.2, -0.15) is 0 Å². The first-order chi connectivity index (χ1) is 13.2. The summed E-state index contributed by atoms with van der Waals surface area (Å²) in [6.07, 6.45) is 1.11. The quantitative estimate of drug-likeness (QED) is 0.556. The highest BCUT2D eigenvalue weighted by Crippen LogP contribution is 2.45. The van der Waals surface area contributed by atoms with Crippen molar-refractivity contribution in [3.05, 3.63) is 34.4 Å². The van der Waals surface area contributed by atoms with Gasteiger partial charge in [0, 0.05) is 43.7 Å². The summed E-state index contributed by atoms with van der Waals surface area (Å²) in [5.74, 6) is 4.34. The lowest BCUT2D eigenvalue weighted by Gasteiger charge is -2.44. The number of likely N-dealkylation sites (tertiary alicyclic amines) is 1. The first kappa shape index (κ1) is 20.0. The van der Waals surface area contributed by atoms with Crippen LogP contribution in [0.2, 0.25) is 0 Å². The molecule has 2 fully saturated rings. The van der Waals surface area contributed by atoms with Gasteiger partial charge in [-0.1, -0.05) is 5.92 Å². The van der Waals surface area contributed by atoms with Gasteiger partial charge in [0.1, 0.15) is 17.5 Å². The van der Waals surface area contributed by atoms with Crippen LogP contribution in [0.5, 0.6) is 0 Å². The Labute approximate surface area is 165 Å². The third-order valence-corrected chi connectivity index (χ3v) is 5.94. The fourth-order valence-corrected chi connectivity index (χ4v) is 4.74. The number of hydrogen-bond donors (Lipinski definition) is 0. The summed E-state index contributed by atoms with van der Waals surface area (Å²) in [6.45, 7) is 7.09. The molecule has 1 saturated heterocycles. The maximum absolute atomic E-state index is 13.1. The maximum atomic E-state index is 13.1. The van der Waals surface area contributed by atoms with E-state index in [0.717, 1.165) is 22.3 Å².